The van der Waals surface area contributed by atoms with Crippen LogP contribution in [0.15, 0.2) is 0 Å². The number of alkyl halides is 3. The van der Waals surface area contributed by atoms with E-state index in [1.165, 1.54) is 0 Å². The van der Waals surface area contributed by atoms with Crippen molar-refractivity contribution >= 4 is 0 Å². The first-order valence-electron chi connectivity index (χ1n) is 6.71. The maximum atomic E-state index is 11.9. The summed E-state index contributed by atoms with van der Waals surface area (Å²) in [5.74, 6) is 0.948. The van der Waals surface area contributed by atoms with Crippen LogP contribution in [0, 0.1) is 11.8 Å². The van der Waals surface area contributed by atoms with Crippen molar-refractivity contribution < 1.29 is 22.6 Å². The summed E-state index contributed by atoms with van der Waals surface area (Å²) >= 11 is 0. The molecule has 0 saturated heterocycles. The highest BCUT2D eigenvalue weighted by Crippen LogP contribution is 2.18. The maximum Gasteiger partial charge on any atom is 0.411 e. The third kappa shape index (κ3) is 12.4. The van der Waals surface area contributed by atoms with Gasteiger partial charge in [-0.25, -0.2) is 0 Å². The van der Waals surface area contributed by atoms with Crippen molar-refractivity contribution in [2.24, 2.45) is 11.8 Å². The van der Waals surface area contributed by atoms with E-state index in [4.69, 9.17) is 4.74 Å². The number of rotatable bonds is 11. The number of methoxy groups -OCH3 is 1. The SMILES string of the molecule is COCCNCC(CCCOCC(F)(F)F)C(C)C. The van der Waals surface area contributed by atoms with Crippen LogP contribution in [-0.4, -0.2) is 46.2 Å². The Morgan fingerprint density at radius 2 is 1.84 bits per heavy atom. The Morgan fingerprint density at radius 1 is 1.16 bits per heavy atom. The summed E-state index contributed by atoms with van der Waals surface area (Å²) in [6.45, 7) is 5.59. The monoisotopic (exact) mass is 285 g/mol. The molecule has 0 fully saturated rings. The Morgan fingerprint density at radius 3 is 2.37 bits per heavy atom. The summed E-state index contributed by atoms with van der Waals surface area (Å²) in [7, 11) is 1.65. The van der Waals surface area contributed by atoms with Gasteiger partial charge >= 0.3 is 6.18 Å². The molecule has 0 rings (SSSR count). The fourth-order valence-electron chi connectivity index (χ4n) is 1.77. The highest BCUT2D eigenvalue weighted by molar-refractivity contribution is 4.66. The molecule has 0 aromatic rings. The minimum absolute atomic E-state index is 0.167. The molecule has 0 aliphatic carbocycles. The number of nitrogens with one attached hydrogen (secondary N) is 1. The van der Waals surface area contributed by atoms with E-state index in [0.29, 0.717) is 24.9 Å². The molecule has 0 heterocycles. The van der Waals surface area contributed by atoms with E-state index >= 15 is 0 Å². The highest BCUT2D eigenvalue weighted by atomic mass is 19.4. The summed E-state index contributed by atoms with van der Waals surface area (Å²) in [5.41, 5.74) is 0. The third-order valence-electron chi connectivity index (χ3n) is 2.96. The van der Waals surface area contributed by atoms with Crippen LogP contribution in [0.5, 0.6) is 0 Å². The van der Waals surface area contributed by atoms with E-state index in [-0.39, 0.29) is 6.61 Å². The van der Waals surface area contributed by atoms with Crippen LogP contribution in [0.25, 0.3) is 0 Å². The Balaban J connectivity index is 3.65. The Bertz CT molecular complexity index is 211. The van der Waals surface area contributed by atoms with E-state index in [2.05, 4.69) is 23.9 Å². The average molecular weight is 285 g/mol. The molecule has 19 heavy (non-hydrogen) atoms. The fourth-order valence-corrected chi connectivity index (χ4v) is 1.77. The molecule has 116 valence electrons. The number of hydrogen-bond donors (Lipinski definition) is 1. The van der Waals surface area contributed by atoms with Crippen LogP contribution in [0.4, 0.5) is 13.2 Å². The standard InChI is InChI=1S/C13H26F3NO2/c1-11(2)12(9-17-6-8-18-3)5-4-7-19-10-13(14,15)16/h11-12,17H,4-10H2,1-3H3. The van der Waals surface area contributed by atoms with Gasteiger partial charge < -0.3 is 14.8 Å². The molecule has 0 aliphatic heterocycles. The molecule has 1 unspecified atom stereocenters. The Kier molecular flexibility index (Phi) is 10.3. The first kappa shape index (κ1) is 18.7. The minimum Gasteiger partial charge on any atom is -0.383 e. The van der Waals surface area contributed by atoms with E-state index < -0.39 is 12.8 Å². The lowest BCUT2D eigenvalue weighted by Gasteiger charge is -2.21. The fraction of sp³-hybridized carbons (Fsp3) is 1.00. The summed E-state index contributed by atoms with van der Waals surface area (Å²) in [5, 5.41) is 3.29. The zero-order chi connectivity index (χ0) is 14.7. The first-order valence-corrected chi connectivity index (χ1v) is 6.71. The van der Waals surface area contributed by atoms with Crippen LogP contribution < -0.4 is 5.32 Å². The van der Waals surface area contributed by atoms with Gasteiger partial charge in [-0.05, 0) is 31.2 Å². The second-order valence-corrected chi connectivity index (χ2v) is 5.01. The van der Waals surface area contributed by atoms with Gasteiger partial charge in [0.1, 0.15) is 6.61 Å². The van der Waals surface area contributed by atoms with Crippen LogP contribution in [0.3, 0.4) is 0 Å². The van der Waals surface area contributed by atoms with Gasteiger partial charge in [-0.3, -0.25) is 0 Å². The van der Waals surface area contributed by atoms with Gasteiger partial charge in [0, 0.05) is 20.3 Å². The van der Waals surface area contributed by atoms with E-state index in [1.807, 2.05) is 0 Å². The molecule has 1 atom stereocenters. The molecule has 0 aromatic heterocycles. The van der Waals surface area contributed by atoms with Gasteiger partial charge in [0.25, 0.3) is 0 Å². The second-order valence-electron chi connectivity index (χ2n) is 5.01. The second kappa shape index (κ2) is 10.5. The van der Waals surface area contributed by atoms with Gasteiger partial charge in [0.2, 0.25) is 0 Å². The van der Waals surface area contributed by atoms with E-state index in [9.17, 15) is 13.2 Å². The molecule has 0 aromatic carbocycles. The third-order valence-corrected chi connectivity index (χ3v) is 2.96. The molecule has 0 bridgehead atoms. The molecule has 0 aliphatic rings. The number of halogens is 3. The minimum atomic E-state index is -4.22. The van der Waals surface area contributed by atoms with Crippen molar-refractivity contribution in [3.05, 3.63) is 0 Å². The van der Waals surface area contributed by atoms with Crippen LogP contribution in [-0.2, 0) is 9.47 Å². The zero-order valence-electron chi connectivity index (χ0n) is 12.1. The predicted molar refractivity (Wildman–Crippen MR) is 69.2 cm³/mol. The van der Waals surface area contributed by atoms with Crippen LogP contribution in [0.1, 0.15) is 26.7 Å². The number of hydrogen-bond acceptors (Lipinski definition) is 3. The quantitative estimate of drug-likeness (QED) is 0.592. The van der Waals surface area contributed by atoms with Crippen molar-refractivity contribution in [3.63, 3.8) is 0 Å². The normalized spacial score (nSPS) is 14.1. The molecule has 1 N–H and O–H groups in total. The summed E-state index contributed by atoms with van der Waals surface area (Å²) in [6.07, 6.45) is -2.69. The van der Waals surface area contributed by atoms with Crippen molar-refractivity contribution in [2.75, 3.05) is 40.0 Å². The van der Waals surface area contributed by atoms with Gasteiger partial charge in [0.15, 0.2) is 0 Å². The molecular weight excluding hydrogens is 259 g/mol. The predicted octanol–water partition coefficient (Wildman–Crippen LogP) is 2.85. The summed E-state index contributed by atoms with van der Waals surface area (Å²) in [4.78, 5) is 0. The van der Waals surface area contributed by atoms with Crippen LogP contribution in [0.2, 0.25) is 0 Å². The van der Waals surface area contributed by atoms with Gasteiger partial charge in [-0.15, -0.1) is 0 Å². The maximum absolute atomic E-state index is 11.9. The van der Waals surface area contributed by atoms with Crippen molar-refractivity contribution in [3.8, 4) is 0 Å². The van der Waals surface area contributed by atoms with Gasteiger partial charge in [0.05, 0.1) is 6.61 Å². The molecule has 0 spiro atoms. The molecule has 0 amide bonds. The average Bonchev–Trinajstić information content (AvgIpc) is 2.29. The lowest BCUT2D eigenvalue weighted by Crippen LogP contribution is -2.29. The molecule has 0 radical (unpaired) electrons. The molecule has 6 heteroatoms. The lowest BCUT2D eigenvalue weighted by molar-refractivity contribution is -0.174. The Labute approximate surface area is 113 Å². The smallest absolute Gasteiger partial charge is 0.383 e. The summed E-state index contributed by atoms with van der Waals surface area (Å²) < 4.78 is 45.1. The van der Waals surface area contributed by atoms with Crippen LogP contribution >= 0.6 is 0 Å². The van der Waals surface area contributed by atoms with Crippen molar-refractivity contribution in [1.82, 2.24) is 5.32 Å². The number of ether oxygens (including phenoxy) is 2. The molecule has 3 nitrogen and oxygen atoms in total. The van der Waals surface area contributed by atoms with E-state index in [1.54, 1.807) is 7.11 Å². The van der Waals surface area contributed by atoms with E-state index in [0.717, 1.165) is 19.5 Å². The highest BCUT2D eigenvalue weighted by Gasteiger charge is 2.27. The summed E-state index contributed by atoms with van der Waals surface area (Å²) in [6, 6.07) is 0. The Hall–Kier alpha value is -0.330. The van der Waals surface area contributed by atoms with Gasteiger partial charge in [-0.2, -0.15) is 13.2 Å². The topological polar surface area (TPSA) is 30.5 Å². The largest absolute Gasteiger partial charge is 0.411 e. The lowest BCUT2D eigenvalue weighted by atomic mass is 9.91. The molecular formula is C13H26F3NO2. The van der Waals surface area contributed by atoms with Crippen molar-refractivity contribution in [2.45, 2.75) is 32.9 Å². The van der Waals surface area contributed by atoms with Crippen molar-refractivity contribution in [1.29, 1.82) is 0 Å². The first-order chi connectivity index (χ1) is 8.87. The zero-order valence-corrected chi connectivity index (χ0v) is 12.1. The molecule has 0 saturated carbocycles. The van der Waals surface area contributed by atoms with Gasteiger partial charge in [-0.1, -0.05) is 13.8 Å².